The highest BCUT2D eigenvalue weighted by molar-refractivity contribution is 6.01. The fourth-order valence-electron chi connectivity index (χ4n) is 2.29. The molecular weight excluding hydrogens is 182 g/mol. The van der Waals surface area contributed by atoms with Crippen molar-refractivity contribution in [3.05, 3.63) is 35.4 Å². The maximum atomic E-state index is 4.83. The van der Waals surface area contributed by atoms with Gasteiger partial charge in [0, 0.05) is 11.1 Å². The molecule has 0 saturated heterocycles. The summed E-state index contributed by atoms with van der Waals surface area (Å²) in [5, 5.41) is 0. The number of hydrogen-bond acceptors (Lipinski definition) is 1. The van der Waals surface area contributed by atoms with Crippen molar-refractivity contribution in [3.63, 3.8) is 0 Å². The smallest absolute Gasteiger partial charge is 0.0646 e. The van der Waals surface area contributed by atoms with E-state index in [-0.39, 0.29) is 11.0 Å². The standard InChI is InChI=1S/C14H19N/c1-10-11-8-6-7-9-12(11)13(2,3)14(4,5)15-10/h6-9H,1-5H3. The zero-order valence-corrected chi connectivity index (χ0v) is 10.3. The molecule has 1 aromatic carbocycles. The quantitative estimate of drug-likeness (QED) is 0.608. The summed E-state index contributed by atoms with van der Waals surface area (Å²) in [5.74, 6) is 0. The minimum absolute atomic E-state index is 0.0224. The van der Waals surface area contributed by atoms with Crippen molar-refractivity contribution in [1.29, 1.82) is 0 Å². The van der Waals surface area contributed by atoms with E-state index in [1.54, 1.807) is 0 Å². The van der Waals surface area contributed by atoms with E-state index in [0.29, 0.717) is 0 Å². The normalized spacial score (nSPS) is 21.8. The van der Waals surface area contributed by atoms with E-state index in [0.717, 1.165) is 5.71 Å². The van der Waals surface area contributed by atoms with Crippen LogP contribution in [0.4, 0.5) is 0 Å². The average Bonchev–Trinajstić information content (AvgIpc) is 2.15. The van der Waals surface area contributed by atoms with E-state index in [2.05, 4.69) is 58.9 Å². The molecule has 0 N–H and O–H groups in total. The first kappa shape index (κ1) is 10.4. The molecule has 1 aliphatic rings. The number of nitrogens with zero attached hydrogens (tertiary/aromatic N) is 1. The first-order chi connectivity index (χ1) is 6.86. The number of fused-ring (bicyclic) bond motifs is 1. The number of aliphatic imine (C=N–C) groups is 1. The zero-order chi connectivity index (χ0) is 11.3. The third-order valence-electron chi connectivity index (χ3n) is 3.97. The Morgan fingerprint density at radius 3 is 2.27 bits per heavy atom. The SMILES string of the molecule is CC1=NC(C)(C)C(C)(C)c2ccccc21. The predicted molar refractivity (Wildman–Crippen MR) is 65.8 cm³/mol. The molecule has 0 saturated carbocycles. The highest BCUT2D eigenvalue weighted by Crippen LogP contribution is 2.42. The van der Waals surface area contributed by atoms with Crippen molar-refractivity contribution >= 4 is 5.71 Å². The van der Waals surface area contributed by atoms with Gasteiger partial charge in [0.15, 0.2) is 0 Å². The Morgan fingerprint density at radius 2 is 1.60 bits per heavy atom. The number of benzene rings is 1. The second-order valence-corrected chi connectivity index (χ2v) is 5.43. The van der Waals surface area contributed by atoms with Gasteiger partial charge in [-0.2, -0.15) is 0 Å². The van der Waals surface area contributed by atoms with Crippen LogP contribution in [0.25, 0.3) is 0 Å². The molecule has 0 bridgehead atoms. The highest BCUT2D eigenvalue weighted by atomic mass is 14.9. The number of hydrogen-bond donors (Lipinski definition) is 0. The molecule has 15 heavy (non-hydrogen) atoms. The van der Waals surface area contributed by atoms with Gasteiger partial charge < -0.3 is 0 Å². The molecule has 0 unspecified atom stereocenters. The Kier molecular flexibility index (Phi) is 2.04. The highest BCUT2D eigenvalue weighted by Gasteiger charge is 2.42. The third-order valence-corrected chi connectivity index (χ3v) is 3.97. The molecule has 1 heteroatoms. The van der Waals surface area contributed by atoms with Crippen LogP contribution >= 0.6 is 0 Å². The Balaban J connectivity index is 2.73. The molecule has 1 aliphatic heterocycles. The van der Waals surface area contributed by atoms with Gasteiger partial charge in [-0.25, -0.2) is 0 Å². The van der Waals surface area contributed by atoms with E-state index in [4.69, 9.17) is 4.99 Å². The molecule has 0 fully saturated rings. The van der Waals surface area contributed by atoms with Gasteiger partial charge in [-0.05, 0) is 31.9 Å². The van der Waals surface area contributed by atoms with Gasteiger partial charge in [-0.1, -0.05) is 38.1 Å². The molecule has 0 aliphatic carbocycles. The first-order valence-electron chi connectivity index (χ1n) is 5.52. The summed E-state index contributed by atoms with van der Waals surface area (Å²) in [4.78, 5) is 4.83. The lowest BCUT2D eigenvalue weighted by Gasteiger charge is -2.44. The van der Waals surface area contributed by atoms with Crippen molar-refractivity contribution in [2.45, 2.75) is 45.6 Å². The molecule has 0 spiro atoms. The lowest BCUT2D eigenvalue weighted by atomic mass is 9.66. The van der Waals surface area contributed by atoms with Crippen molar-refractivity contribution in [3.8, 4) is 0 Å². The van der Waals surface area contributed by atoms with Crippen LogP contribution in [-0.4, -0.2) is 11.3 Å². The Bertz CT molecular complexity index is 425. The van der Waals surface area contributed by atoms with Crippen LogP contribution in [-0.2, 0) is 5.41 Å². The summed E-state index contributed by atoms with van der Waals surface area (Å²) in [6.45, 7) is 11.1. The van der Waals surface area contributed by atoms with Gasteiger partial charge >= 0.3 is 0 Å². The van der Waals surface area contributed by atoms with Gasteiger partial charge in [0.1, 0.15) is 0 Å². The summed E-state index contributed by atoms with van der Waals surface area (Å²) < 4.78 is 0. The fraction of sp³-hybridized carbons (Fsp3) is 0.500. The van der Waals surface area contributed by atoms with E-state index in [1.165, 1.54) is 11.1 Å². The largest absolute Gasteiger partial charge is 0.282 e. The minimum Gasteiger partial charge on any atom is -0.282 e. The monoisotopic (exact) mass is 201 g/mol. The van der Waals surface area contributed by atoms with Crippen molar-refractivity contribution in [2.24, 2.45) is 4.99 Å². The van der Waals surface area contributed by atoms with Gasteiger partial charge in [0.25, 0.3) is 0 Å². The predicted octanol–water partition coefficient (Wildman–Crippen LogP) is 3.57. The summed E-state index contributed by atoms with van der Waals surface area (Å²) in [5.41, 5.74) is 3.97. The van der Waals surface area contributed by atoms with E-state index in [9.17, 15) is 0 Å². The second-order valence-electron chi connectivity index (χ2n) is 5.43. The van der Waals surface area contributed by atoms with Crippen LogP contribution in [0.5, 0.6) is 0 Å². The molecule has 1 aromatic rings. The lowest BCUT2D eigenvalue weighted by Crippen LogP contribution is -2.45. The van der Waals surface area contributed by atoms with Crippen LogP contribution in [0.15, 0.2) is 29.3 Å². The van der Waals surface area contributed by atoms with E-state index >= 15 is 0 Å². The van der Waals surface area contributed by atoms with Crippen molar-refractivity contribution < 1.29 is 0 Å². The topological polar surface area (TPSA) is 12.4 Å². The maximum Gasteiger partial charge on any atom is 0.0646 e. The Labute approximate surface area is 92.2 Å². The summed E-state index contributed by atoms with van der Waals surface area (Å²) in [6.07, 6.45) is 0. The Hall–Kier alpha value is -1.11. The minimum atomic E-state index is -0.0224. The summed E-state index contributed by atoms with van der Waals surface area (Å²) in [7, 11) is 0. The molecule has 80 valence electrons. The lowest BCUT2D eigenvalue weighted by molar-refractivity contribution is 0.303. The molecule has 0 amide bonds. The van der Waals surface area contributed by atoms with Gasteiger partial charge in [0.05, 0.1) is 5.54 Å². The van der Waals surface area contributed by atoms with Gasteiger partial charge in [-0.3, -0.25) is 4.99 Å². The second kappa shape index (κ2) is 2.94. The fourth-order valence-corrected chi connectivity index (χ4v) is 2.29. The van der Waals surface area contributed by atoms with Crippen LogP contribution < -0.4 is 0 Å². The Morgan fingerprint density at radius 1 is 1.00 bits per heavy atom. The van der Waals surface area contributed by atoms with E-state index < -0.39 is 0 Å². The maximum absolute atomic E-state index is 4.83. The van der Waals surface area contributed by atoms with Crippen molar-refractivity contribution in [1.82, 2.24) is 0 Å². The summed E-state index contributed by atoms with van der Waals surface area (Å²) >= 11 is 0. The van der Waals surface area contributed by atoms with Crippen LogP contribution in [0, 0.1) is 0 Å². The van der Waals surface area contributed by atoms with Crippen molar-refractivity contribution in [2.75, 3.05) is 0 Å². The van der Waals surface area contributed by atoms with Crippen LogP contribution in [0.1, 0.15) is 45.7 Å². The summed E-state index contributed by atoms with van der Waals surface area (Å²) in [6, 6.07) is 8.61. The molecule has 1 nitrogen and oxygen atoms in total. The number of rotatable bonds is 0. The zero-order valence-electron chi connectivity index (χ0n) is 10.3. The third kappa shape index (κ3) is 1.33. The van der Waals surface area contributed by atoms with Gasteiger partial charge in [-0.15, -0.1) is 0 Å². The average molecular weight is 201 g/mol. The molecule has 1 heterocycles. The molecular formula is C14H19N. The molecule has 2 rings (SSSR count). The van der Waals surface area contributed by atoms with Gasteiger partial charge in [0.2, 0.25) is 0 Å². The van der Waals surface area contributed by atoms with Crippen LogP contribution in [0.3, 0.4) is 0 Å². The first-order valence-corrected chi connectivity index (χ1v) is 5.52. The molecule has 0 atom stereocenters. The molecule has 0 aromatic heterocycles. The van der Waals surface area contributed by atoms with E-state index in [1.807, 2.05) is 0 Å². The van der Waals surface area contributed by atoms with Crippen LogP contribution in [0.2, 0.25) is 0 Å². The molecule has 0 radical (unpaired) electrons.